The highest BCUT2D eigenvalue weighted by atomic mass is 127. The standard InChI is InChI=1S/C18H26N4OS.HI/c1-4-11-23-17-14(7-6-10-20-17)12-21-18(19-3)22-13-16-9-8-15(5-2)24-16;/h6-10H,4-5,11-13H2,1-3H3,(H2,19,21,22);1H. The van der Waals surface area contributed by atoms with Gasteiger partial charge in [0.15, 0.2) is 5.96 Å². The Hall–Kier alpha value is -1.35. The quantitative estimate of drug-likeness (QED) is 0.345. The lowest BCUT2D eigenvalue weighted by molar-refractivity contribution is 0.301. The number of thiophene rings is 1. The average molecular weight is 474 g/mol. The first kappa shape index (κ1) is 21.7. The van der Waals surface area contributed by atoms with E-state index < -0.39 is 0 Å². The fourth-order valence-corrected chi connectivity index (χ4v) is 3.06. The Morgan fingerprint density at radius 3 is 2.60 bits per heavy atom. The van der Waals surface area contributed by atoms with E-state index in [4.69, 9.17) is 4.74 Å². The number of nitrogens with zero attached hydrogens (tertiary/aromatic N) is 2. The van der Waals surface area contributed by atoms with Crippen molar-refractivity contribution in [2.75, 3.05) is 13.7 Å². The van der Waals surface area contributed by atoms with Crippen molar-refractivity contribution in [3.8, 4) is 5.88 Å². The first-order chi connectivity index (χ1) is 11.8. The smallest absolute Gasteiger partial charge is 0.218 e. The summed E-state index contributed by atoms with van der Waals surface area (Å²) in [6.07, 6.45) is 3.80. The summed E-state index contributed by atoms with van der Waals surface area (Å²) in [5.41, 5.74) is 1.03. The Morgan fingerprint density at radius 2 is 1.92 bits per heavy atom. The van der Waals surface area contributed by atoms with Crippen molar-refractivity contribution < 1.29 is 4.74 Å². The topological polar surface area (TPSA) is 58.5 Å². The van der Waals surface area contributed by atoms with Crippen molar-refractivity contribution in [2.45, 2.75) is 39.8 Å². The van der Waals surface area contributed by atoms with Gasteiger partial charge in [0.1, 0.15) is 0 Å². The number of halogens is 1. The van der Waals surface area contributed by atoms with Crippen molar-refractivity contribution in [3.05, 3.63) is 45.8 Å². The summed E-state index contributed by atoms with van der Waals surface area (Å²) in [4.78, 5) is 11.3. The summed E-state index contributed by atoms with van der Waals surface area (Å²) in [5, 5.41) is 6.66. The molecule has 0 unspecified atom stereocenters. The number of aryl methyl sites for hydroxylation is 1. The highest BCUT2D eigenvalue weighted by Gasteiger charge is 2.06. The van der Waals surface area contributed by atoms with Crippen LogP contribution in [0.2, 0.25) is 0 Å². The second-order valence-corrected chi connectivity index (χ2v) is 6.57. The van der Waals surface area contributed by atoms with Gasteiger partial charge in [0, 0.05) is 35.1 Å². The van der Waals surface area contributed by atoms with Crippen molar-refractivity contribution >= 4 is 41.3 Å². The zero-order valence-electron chi connectivity index (χ0n) is 15.0. The second kappa shape index (κ2) is 12.1. The number of pyridine rings is 1. The van der Waals surface area contributed by atoms with E-state index in [2.05, 4.69) is 46.6 Å². The number of hydrogen-bond donors (Lipinski definition) is 2. The van der Waals surface area contributed by atoms with Gasteiger partial charge in [0.05, 0.1) is 13.2 Å². The molecule has 0 bridgehead atoms. The van der Waals surface area contributed by atoms with Crippen LogP contribution in [0.5, 0.6) is 5.88 Å². The molecule has 0 aliphatic carbocycles. The van der Waals surface area contributed by atoms with E-state index in [1.54, 1.807) is 13.2 Å². The van der Waals surface area contributed by atoms with Crippen LogP contribution in [-0.2, 0) is 19.5 Å². The van der Waals surface area contributed by atoms with Gasteiger partial charge in [-0.2, -0.15) is 0 Å². The maximum atomic E-state index is 5.69. The van der Waals surface area contributed by atoms with Crippen molar-refractivity contribution in [3.63, 3.8) is 0 Å². The molecule has 2 heterocycles. The normalized spacial score (nSPS) is 10.9. The molecule has 5 nitrogen and oxygen atoms in total. The highest BCUT2D eigenvalue weighted by Crippen LogP contribution is 2.16. The molecule has 2 N–H and O–H groups in total. The lowest BCUT2D eigenvalue weighted by atomic mass is 10.2. The van der Waals surface area contributed by atoms with Gasteiger partial charge in [-0.3, -0.25) is 4.99 Å². The highest BCUT2D eigenvalue weighted by molar-refractivity contribution is 14.0. The van der Waals surface area contributed by atoms with E-state index in [9.17, 15) is 0 Å². The third-order valence-electron chi connectivity index (χ3n) is 3.46. The predicted octanol–water partition coefficient (Wildman–Crippen LogP) is 3.98. The fraction of sp³-hybridized carbons (Fsp3) is 0.444. The summed E-state index contributed by atoms with van der Waals surface area (Å²) in [5.74, 6) is 1.46. The third-order valence-corrected chi connectivity index (χ3v) is 4.69. The van der Waals surface area contributed by atoms with Crippen molar-refractivity contribution in [2.24, 2.45) is 4.99 Å². The Labute approximate surface area is 171 Å². The number of aromatic nitrogens is 1. The number of ether oxygens (including phenoxy) is 1. The molecule has 0 saturated heterocycles. The minimum absolute atomic E-state index is 0. The van der Waals surface area contributed by atoms with Gasteiger partial charge in [0.25, 0.3) is 0 Å². The van der Waals surface area contributed by atoms with Gasteiger partial charge < -0.3 is 15.4 Å². The molecule has 0 aliphatic rings. The van der Waals surface area contributed by atoms with E-state index in [0.29, 0.717) is 19.0 Å². The van der Waals surface area contributed by atoms with E-state index >= 15 is 0 Å². The summed E-state index contributed by atoms with van der Waals surface area (Å²) >= 11 is 1.84. The zero-order valence-corrected chi connectivity index (χ0v) is 18.2. The van der Waals surface area contributed by atoms with E-state index in [1.807, 2.05) is 23.5 Å². The lowest BCUT2D eigenvalue weighted by Crippen LogP contribution is -2.36. The van der Waals surface area contributed by atoms with Gasteiger partial charge in [-0.15, -0.1) is 35.3 Å². The SMILES string of the molecule is CCCOc1ncccc1CNC(=NC)NCc1ccc(CC)s1.I. The Bertz CT molecular complexity index is 660. The predicted molar refractivity (Wildman–Crippen MR) is 116 cm³/mol. The molecule has 0 atom stereocenters. The van der Waals surface area contributed by atoms with Crippen LogP contribution < -0.4 is 15.4 Å². The molecular formula is C18H27IN4OS. The summed E-state index contributed by atoms with van der Waals surface area (Å²) in [6, 6.07) is 8.29. The molecule has 2 rings (SSSR count). The molecule has 2 aromatic rings. The van der Waals surface area contributed by atoms with Gasteiger partial charge >= 0.3 is 0 Å². The number of guanidine groups is 1. The van der Waals surface area contributed by atoms with Crippen LogP contribution in [0.15, 0.2) is 35.5 Å². The number of nitrogens with one attached hydrogen (secondary N) is 2. The Morgan fingerprint density at radius 1 is 1.16 bits per heavy atom. The molecule has 0 aromatic carbocycles. The minimum Gasteiger partial charge on any atom is -0.477 e. The molecule has 0 spiro atoms. The summed E-state index contributed by atoms with van der Waals surface area (Å²) in [6.45, 7) is 6.33. The molecule has 0 fully saturated rings. The number of rotatable bonds is 8. The van der Waals surface area contributed by atoms with Crippen LogP contribution in [0.25, 0.3) is 0 Å². The molecule has 7 heteroatoms. The van der Waals surface area contributed by atoms with Crippen molar-refractivity contribution in [1.82, 2.24) is 15.6 Å². The monoisotopic (exact) mass is 474 g/mol. The number of aliphatic imine (C=N–C) groups is 1. The molecule has 0 amide bonds. The maximum Gasteiger partial charge on any atom is 0.218 e. The molecular weight excluding hydrogens is 447 g/mol. The third kappa shape index (κ3) is 7.19. The molecule has 25 heavy (non-hydrogen) atoms. The fourth-order valence-electron chi connectivity index (χ4n) is 2.17. The first-order valence-electron chi connectivity index (χ1n) is 8.35. The average Bonchev–Trinajstić information content (AvgIpc) is 3.09. The van der Waals surface area contributed by atoms with E-state index in [1.165, 1.54) is 9.75 Å². The summed E-state index contributed by atoms with van der Waals surface area (Å²) in [7, 11) is 1.78. The molecule has 0 radical (unpaired) electrons. The van der Waals surface area contributed by atoms with Gasteiger partial charge in [-0.25, -0.2) is 4.98 Å². The maximum absolute atomic E-state index is 5.69. The Balaban J connectivity index is 0.00000312. The van der Waals surface area contributed by atoms with Crippen LogP contribution in [-0.4, -0.2) is 24.6 Å². The number of hydrogen-bond acceptors (Lipinski definition) is 4. The summed E-state index contributed by atoms with van der Waals surface area (Å²) < 4.78 is 5.69. The lowest BCUT2D eigenvalue weighted by Gasteiger charge is -2.13. The van der Waals surface area contributed by atoms with Crippen LogP contribution in [0.1, 0.15) is 35.6 Å². The van der Waals surface area contributed by atoms with Gasteiger partial charge in [0.2, 0.25) is 5.88 Å². The van der Waals surface area contributed by atoms with Crippen LogP contribution in [0.4, 0.5) is 0 Å². The largest absolute Gasteiger partial charge is 0.477 e. The van der Waals surface area contributed by atoms with E-state index in [-0.39, 0.29) is 24.0 Å². The van der Waals surface area contributed by atoms with Crippen LogP contribution in [0.3, 0.4) is 0 Å². The minimum atomic E-state index is 0. The first-order valence-corrected chi connectivity index (χ1v) is 9.17. The van der Waals surface area contributed by atoms with Gasteiger partial charge in [-0.05, 0) is 31.0 Å². The van der Waals surface area contributed by atoms with Crippen LogP contribution >= 0.6 is 35.3 Å². The van der Waals surface area contributed by atoms with Gasteiger partial charge in [-0.1, -0.05) is 19.9 Å². The molecule has 0 aliphatic heterocycles. The second-order valence-electron chi connectivity index (χ2n) is 5.32. The molecule has 0 saturated carbocycles. The zero-order chi connectivity index (χ0) is 17.2. The Kier molecular flexibility index (Phi) is 10.5. The molecule has 138 valence electrons. The van der Waals surface area contributed by atoms with Crippen LogP contribution in [0, 0.1) is 0 Å². The van der Waals surface area contributed by atoms with Crippen molar-refractivity contribution in [1.29, 1.82) is 0 Å². The molecule has 2 aromatic heterocycles. The van der Waals surface area contributed by atoms with E-state index in [0.717, 1.165) is 30.9 Å².